The number of hydrogen-bond acceptors (Lipinski definition) is 5. The zero-order valence-corrected chi connectivity index (χ0v) is 19.3. The minimum absolute atomic E-state index is 0.0387. The summed E-state index contributed by atoms with van der Waals surface area (Å²) in [6, 6.07) is 19.8. The molecule has 0 aliphatic heterocycles. The molecule has 0 saturated heterocycles. The van der Waals surface area contributed by atoms with E-state index >= 15 is 0 Å². The zero-order valence-electron chi connectivity index (χ0n) is 18.5. The normalized spacial score (nSPS) is 11.0. The van der Waals surface area contributed by atoms with Gasteiger partial charge in [0.25, 0.3) is 0 Å². The van der Waals surface area contributed by atoms with E-state index in [1.54, 1.807) is 6.26 Å². The Bertz CT molecular complexity index is 1200. The first-order valence-corrected chi connectivity index (χ1v) is 11.6. The van der Waals surface area contributed by atoms with Crippen molar-refractivity contribution in [1.29, 1.82) is 0 Å². The Labute approximate surface area is 192 Å². The minimum atomic E-state index is 0.0387. The van der Waals surface area contributed by atoms with Crippen LogP contribution in [0.1, 0.15) is 23.8 Å². The molecular weight excluding hydrogens is 420 g/mol. The average molecular weight is 447 g/mol. The molecular formula is C25H26N4O2S. The van der Waals surface area contributed by atoms with Gasteiger partial charge in [0.05, 0.1) is 18.6 Å². The highest BCUT2D eigenvalue weighted by molar-refractivity contribution is 7.99. The predicted molar refractivity (Wildman–Crippen MR) is 128 cm³/mol. The van der Waals surface area contributed by atoms with E-state index in [9.17, 15) is 4.79 Å². The van der Waals surface area contributed by atoms with Crippen LogP contribution >= 0.6 is 11.8 Å². The first kappa shape index (κ1) is 21.9. The van der Waals surface area contributed by atoms with Crippen LogP contribution in [0, 0.1) is 13.8 Å². The zero-order chi connectivity index (χ0) is 22.5. The Hall–Kier alpha value is -3.32. The van der Waals surface area contributed by atoms with Crippen LogP contribution in [0.15, 0.2) is 76.5 Å². The van der Waals surface area contributed by atoms with E-state index in [2.05, 4.69) is 23.2 Å². The lowest BCUT2D eigenvalue weighted by molar-refractivity contribution is -0.116. The van der Waals surface area contributed by atoms with Gasteiger partial charge in [0.2, 0.25) is 5.91 Å². The summed E-state index contributed by atoms with van der Waals surface area (Å²) in [6.07, 6.45) is 1.66. The van der Waals surface area contributed by atoms with Gasteiger partial charge in [-0.15, -0.1) is 10.2 Å². The fourth-order valence-electron chi connectivity index (χ4n) is 3.67. The Morgan fingerprint density at radius 1 is 1.00 bits per heavy atom. The number of hydrogen-bond donors (Lipinski definition) is 0. The second-order valence-corrected chi connectivity index (χ2v) is 8.44. The summed E-state index contributed by atoms with van der Waals surface area (Å²) < 4.78 is 7.59. The lowest BCUT2D eigenvalue weighted by atomic mass is 10.1. The smallest absolute Gasteiger partial charge is 0.237 e. The monoisotopic (exact) mass is 446 g/mol. The average Bonchev–Trinajstić information content (AvgIpc) is 3.45. The number of anilines is 1. The highest BCUT2D eigenvalue weighted by atomic mass is 32.2. The lowest BCUT2D eigenvalue weighted by Gasteiger charge is -2.22. The summed E-state index contributed by atoms with van der Waals surface area (Å²) in [5.74, 6) is 1.88. The van der Waals surface area contributed by atoms with Gasteiger partial charge in [0.1, 0.15) is 5.76 Å². The van der Waals surface area contributed by atoms with E-state index in [1.807, 2.05) is 77.9 Å². The van der Waals surface area contributed by atoms with Crippen molar-refractivity contribution < 1.29 is 9.21 Å². The number of amides is 1. The number of benzene rings is 2. The van der Waals surface area contributed by atoms with Crippen LogP contribution < -0.4 is 4.90 Å². The first-order chi connectivity index (χ1) is 15.6. The van der Waals surface area contributed by atoms with Crippen molar-refractivity contribution in [3.63, 3.8) is 0 Å². The molecule has 0 radical (unpaired) electrons. The quantitative estimate of drug-likeness (QED) is 0.342. The predicted octanol–water partition coefficient (Wildman–Crippen LogP) is 5.35. The third-order valence-electron chi connectivity index (χ3n) is 5.35. The maximum atomic E-state index is 13.1. The van der Waals surface area contributed by atoms with Crippen molar-refractivity contribution in [2.24, 2.45) is 0 Å². The number of para-hydroxylation sites is 1. The molecule has 2 aromatic carbocycles. The van der Waals surface area contributed by atoms with Gasteiger partial charge in [-0.1, -0.05) is 54.2 Å². The number of rotatable bonds is 8. The van der Waals surface area contributed by atoms with Gasteiger partial charge in [-0.3, -0.25) is 9.36 Å². The van der Waals surface area contributed by atoms with E-state index in [4.69, 9.17) is 4.42 Å². The fraction of sp³-hybridized carbons (Fsp3) is 0.240. The molecule has 164 valence electrons. The van der Waals surface area contributed by atoms with Crippen molar-refractivity contribution in [1.82, 2.24) is 14.8 Å². The van der Waals surface area contributed by atoms with Gasteiger partial charge < -0.3 is 9.32 Å². The van der Waals surface area contributed by atoms with Crippen LogP contribution in [-0.4, -0.2) is 33.0 Å². The van der Waals surface area contributed by atoms with Crippen LogP contribution in [0.5, 0.6) is 0 Å². The van der Waals surface area contributed by atoms with Crippen LogP contribution in [0.3, 0.4) is 0 Å². The molecule has 2 aromatic heterocycles. The molecule has 32 heavy (non-hydrogen) atoms. The number of aryl methyl sites for hydroxylation is 2. The number of carbonyl (C=O) groups is 1. The molecule has 4 rings (SSSR count). The van der Waals surface area contributed by atoms with E-state index in [0.29, 0.717) is 18.2 Å². The maximum Gasteiger partial charge on any atom is 0.237 e. The highest BCUT2D eigenvalue weighted by Gasteiger charge is 2.20. The van der Waals surface area contributed by atoms with E-state index < -0.39 is 0 Å². The van der Waals surface area contributed by atoms with Crippen LogP contribution in [0.2, 0.25) is 0 Å². The molecule has 0 unspecified atom stereocenters. The van der Waals surface area contributed by atoms with E-state index in [1.165, 1.54) is 11.8 Å². The Kier molecular flexibility index (Phi) is 6.75. The van der Waals surface area contributed by atoms with Gasteiger partial charge in [-0.05, 0) is 50.1 Å². The van der Waals surface area contributed by atoms with Gasteiger partial charge in [0.15, 0.2) is 11.0 Å². The molecule has 0 atom stereocenters. The Morgan fingerprint density at radius 3 is 2.44 bits per heavy atom. The molecule has 7 heteroatoms. The molecule has 0 spiro atoms. The number of carbonyl (C=O) groups excluding carboxylic acids is 1. The lowest BCUT2D eigenvalue weighted by Crippen LogP contribution is -2.32. The van der Waals surface area contributed by atoms with Crippen LogP contribution in [-0.2, 0) is 11.3 Å². The molecule has 0 bridgehead atoms. The van der Waals surface area contributed by atoms with Crippen molar-refractivity contribution in [3.8, 4) is 11.4 Å². The van der Waals surface area contributed by atoms with Crippen molar-refractivity contribution in [2.45, 2.75) is 32.5 Å². The summed E-state index contributed by atoms with van der Waals surface area (Å²) in [7, 11) is 0. The van der Waals surface area contributed by atoms with Crippen molar-refractivity contribution in [2.75, 3.05) is 17.2 Å². The molecule has 0 aliphatic carbocycles. The van der Waals surface area contributed by atoms with Crippen LogP contribution in [0.25, 0.3) is 11.4 Å². The molecule has 0 N–H and O–H groups in total. The number of nitrogens with zero attached hydrogens (tertiary/aromatic N) is 4. The second kappa shape index (κ2) is 9.87. The Morgan fingerprint density at radius 2 is 1.75 bits per heavy atom. The van der Waals surface area contributed by atoms with Gasteiger partial charge in [-0.25, -0.2) is 0 Å². The molecule has 0 fully saturated rings. The summed E-state index contributed by atoms with van der Waals surface area (Å²) in [5, 5.41) is 9.58. The molecule has 2 heterocycles. The van der Waals surface area contributed by atoms with E-state index in [-0.39, 0.29) is 11.7 Å². The fourth-order valence-corrected chi connectivity index (χ4v) is 4.48. The van der Waals surface area contributed by atoms with E-state index in [0.717, 1.165) is 34.0 Å². The van der Waals surface area contributed by atoms with Crippen molar-refractivity contribution in [3.05, 3.63) is 83.8 Å². The van der Waals surface area contributed by atoms with Gasteiger partial charge in [0, 0.05) is 17.8 Å². The third-order valence-corrected chi connectivity index (χ3v) is 6.30. The molecule has 4 aromatic rings. The van der Waals surface area contributed by atoms with Crippen molar-refractivity contribution >= 4 is 23.4 Å². The standard InChI is InChI=1S/C25H26N4O2S/c1-4-28(22-14-8-6-11-19(22)3)23(30)17-32-25-27-26-24(21-13-7-5-10-18(21)2)29(25)16-20-12-9-15-31-20/h5-15H,4,16-17H2,1-3H3. The molecule has 6 nitrogen and oxygen atoms in total. The topological polar surface area (TPSA) is 64.2 Å². The summed E-state index contributed by atoms with van der Waals surface area (Å²) in [6.45, 7) is 7.17. The van der Waals surface area contributed by atoms with Crippen LogP contribution in [0.4, 0.5) is 5.69 Å². The summed E-state index contributed by atoms with van der Waals surface area (Å²) in [4.78, 5) is 14.9. The number of aromatic nitrogens is 3. The minimum Gasteiger partial charge on any atom is -0.467 e. The molecule has 1 amide bonds. The molecule has 0 saturated carbocycles. The third kappa shape index (κ3) is 4.62. The number of furan rings is 1. The molecule has 0 aliphatic rings. The maximum absolute atomic E-state index is 13.1. The second-order valence-electron chi connectivity index (χ2n) is 7.50. The SMILES string of the molecule is CCN(C(=O)CSc1nnc(-c2ccccc2C)n1Cc1ccco1)c1ccccc1C. The largest absolute Gasteiger partial charge is 0.467 e. The summed E-state index contributed by atoms with van der Waals surface area (Å²) >= 11 is 1.40. The summed E-state index contributed by atoms with van der Waals surface area (Å²) in [5.41, 5.74) is 4.15. The Balaban J connectivity index is 1.60. The number of thioether (sulfide) groups is 1. The van der Waals surface area contributed by atoms with Gasteiger partial charge >= 0.3 is 0 Å². The highest BCUT2D eigenvalue weighted by Crippen LogP contribution is 2.28. The first-order valence-electron chi connectivity index (χ1n) is 10.6. The van der Waals surface area contributed by atoms with Gasteiger partial charge in [-0.2, -0.15) is 0 Å².